The van der Waals surface area contributed by atoms with Crippen molar-refractivity contribution in [3.8, 4) is 0 Å². The molecule has 0 unspecified atom stereocenters. The zero-order valence-electron chi connectivity index (χ0n) is 10.3. The molecule has 2 heteroatoms. The summed E-state index contributed by atoms with van der Waals surface area (Å²) in [5.41, 5.74) is 3.96. The molecule has 0 radical (unpaired) electrons. The molecular formula is C15H18ClN. The van der Waals surface area contributed by atoms with Crippen LogP contribution in [0.15, 0.2) is 54.6 Å². The van der Waals surface area contributed by atoms with Crippen LogP contribution in [0.25, 0.3) is 0 Å². The highest BCUT2D eigenvalue weighted by Crippen LogP contribution is 2.19. The number of aryl methyl sites for hydroxylation is 1. The lowest BCUT2D eigenvalue weighted by atomic mass is 10.1. The smallest absolute Gasteiger partial charge is 0.0426 e. The summed E-state index contributed by atoms with van der Waals surface area (Å²) in [5.74, 6) is 0. The van der Waals surface area contributed by atoms with Crippen LogP contribution in [-0.4, -0.2) is 7.05 Å². The summed E-state index contributed by atoms with van der Waals surface area (Å²) in [7, 11) is 2.13. The molecule has 0 atom stereocenters. The van der Waals surface area contributed by atoms with E-state index in [1.807, 2.05) is 0 Å². The summed E-state index contributed by atoms with van der Waals surface area (Å²) in [6, 6.07) is 19.0. The molecule has 90 valence electrons. The van der Waals surface area contributed by atoms with E-state index in [0.29, 0.717) is 0 Å². The molecule has 2 aromatic carbocycles. The normalized spacial score (nSPS) is 9.53. The lowest BCUT2D eigenvalue weighted by Gasteiger charge is -2.21. The van der Waals surface area contributed by atoms with Gasteiger partial charge in [0.05, 0.1) is 0 Å². The Bertz CT molecular complexity index is 453. The fraction of sp³-hybridized carbons (Fsp3) is 0.200. The highest BCUT2D eigenvalue weighted by atomic mass is 35.5. The molecule has 0 aromatic heterocycles. The minimum absolute atomic E-state index is 0. The van der Waals surface area contributed by atoms with E-state index in [0.717, 1.165) is 6.54 Å². The van der Waals surface area contributed by atoms with E-state index >= 15 is 0 Å². The van der Waals surface area contributed by atoms with Crippen molar-refractivity contribution in [2.75, 3.05) is 11.9 Å². The van der Waals surface area contributed by atoms with E-state index in [4.69, 9.17) is 0 Å². The predicted octanol–water partition coefficient (Wildman–Crippen LogP) is 4.05. The number of anilines is 1. The summed E-state index contributed by atoms with van der Waals surface area (Å²) in [6.45, 7) is 3.10. The first-order valence-electron chi connectivity index (χ1n) is 5.58. The Morgan fingerprint density at radius 2 is 1.47 bits per heavy atom. The highest BCUT2D eigenvalue weighted by molar-refractivity contribution is 5.85. The van der Waals surface area contributed by atoms with Crippen LogP contribution in [-0.2, 0) is 6.54 Å². The van der Waals surface area contributed by atoms with Gasteiger partial charge < -0.3 is 4.90 Å². The first-order chi connectivity index (χ1) is 7.77. The summed E-state index contributed by atoms with van der Waals surface area (Å²) < 4.78 is 0. The summed E-state index contributed by atoms with van der Waals surface area (Å²) in [6.07, 6.45) is 0. The van der Waals surface area contributed by atoms with Crippen molar-refractivity contribution < 1.29 is 0 Å². The number of hydrogen-bond donors (Lipinski definition) is 0. The lowest BCUT2D eigenvalue weighted by Crippen LogP contribution is -2.17. The van der Waals surface area contributed by atoms with E-state index in [1.165, 1.54) is 16.8 Å². The van der Waals surface area contributed by atoms with Gasteiger partial charge in [-0.3, -0.25) is 0 Å². The number of hydrogen-bond acceptors (Lipinski definition) is 1. The third-order valence-corrected chi connectivity index (χ3v) is 2.79. The van der Waals surface area contributed by atoms with E-state index in [1.54, 1.807) is 0 Å². The van der Waals surface area contributed by atoms with E-state index < -0.39 is 0 Å². The van der Waals surface area contributed by atoms with Gasteiger partial charge in [0.2, 0.25) is 0 Å². The van der Waals surface area contributed by atoms with Gasteiger partial charge >= 0.3 is 0 Å². The minimum Gasteiger partial charge on any atom is -0.370 e. The second-order valence-corrected chi connectivity index (χ2v) is 4.13. The highest BCUT2D eigenvalue weighted by Gasteiger charge is 2.03. The van der Waals surface area contributed by atoms with Gasteiger partial charge in [-0.1, -0.05) is 48.5 Å². The van der Waals surface area contributed by atoms with Crippen molar-refractivity contribution in [1.82, 2.24) is 0 Å². The van der Waals surface area contributed by atoms with Crippen molar-refractivity contribution in [1.29, 1.82) is 0 Å². The second-order valence-electron chi connectivity index (χ2n) is 4.13. The first kappa shape index (κ1) is 13.6. The maximum absolute atomic E-state index is 2.28. The molecule has 2 rings (SSSR count). The van der Waals surface area contributed by atoms with Gasteiger partial charge in [-0.25, -0.2) is 0 Å². The van der Waals surface area contributed by atoms with Gasteiger partial charge in [0.15, 0.2) is 0 Å². The summed E-state index contributed by atoms with van der Waals surface area (Å²) in [4.78, 5) is 2.28. The van der Waals surface area contributed by atoms with E-state index in [2.05, 4.69) is 73.5 Å². The number of benzene rings is 2. The van der Waals surface area contributed by atoms with Gasteiger partial charge in [0.1, 0.15) is 0 Å². The number of nitrogens with zero attached hydrogens (tertiary/aromatic N) is 1. The Morgan fingerprint density at radius 1 is 0.882 bits per heavy atom. The fourth-order valence-electron chi connectivity index (χ4n) is 1.93. The van der Waals surface area contributed by atoms with Crippen LogP contribution >= 0.6 is 12.4 Å². The standard InChI is InChI=1S/C15H17N.ClH/c1-13-8-6-7-11-15(13)16(2)12-14-9-4-3-5-10-14;/h3-11H,12H2,1-2H3;1H. The molecule has 0 saturated carbocycles. The van der Waals surface area contributed by atoms with Gasteiger partial charge in [-0.05, 0) is 24.1 Å². The van der Waals surface area contributed by atoms with E-state index in [9.17, 15) is 0 Å². The molecule has 0 aliphatic heterocycles. The van der Waals surface area contributed by atoms with Crippen molar-refractivity contribution in [3.05, 3.63) is 65.7 Å². The number of para-hydroxylation sites is 1. The molecular weight excluding hydrogens is 230 g/mol. The maximum atomic E-state index is 2.28. The minimum atomic E-state index is 0. The molecule has 0 fully saturated rings. The molecule has 0 heterocycles. The largest absolute Gasteiger partial charge is 0.370 e. The van der Waals surface area contributed by atoms with Gasteiger partial charge in [0, 0.05) is 19.3 Å². The Balaban J connectivity index is 0.00000144. The van der Waals surface area contributed by atoms with Crippen molar-refractivity contribution in [2.24, 2.45) is 0 Å². The average molecular weight is 248 g/mol. The molecule has 1 nitrogen and oxygen atoms in total. The van der Waals surface area contributed by atoms with Crippen LogP contribution in [0.3, 0.4) is 0 Å². The van der Waals surface area contributed by atoms with Crippen LogP contribution in [0.2, 0.25) is 0 Å². The van der Waals surface area contributed by atoms with Crippen LogP contribution in [0.1, 0.15) is 11.1 Å². The molecule has 0 aliphatic rings. The van der Waals surface area contributed by atoms with Gasteiger partial charge in [-0.15, -0.1) is 12.4 Å². The third-order valence-electron chi connectivity index (χ3n) is 2.79. The molecule has 0 N–H and O–H groups in total. The Kier molecular flexibility index (Phi) is 5.05. The van der Waals surface area contributed by atoms with Crippen molar-refractivity contribution >= 4 is 18.1 Å². The number of rotatable bonds is 3. The molecule has 0 spiro atoms. The maximum Gasteiger partial charge on any atom is 0.0426 e. The first-order valence-corrected chi connectivity index (χ1v) is 5.58. The topological polar surface area (TPSA) is 3.24 Å². The second kappa shape index (κ2) is 6.31. The van der Waals surface area contributed by atoms with Crippen molar-refractivity contribution in [2.45, 2.75) is 13.5 Å². The molecule has 0 aliphatic carbocycles. The Hall–Kier alpha value is -1.47. The lowest BCUT2D eigenvalue weighted by molar-refractivity contribution is 0.917. The fourth-order valence-corrected chi connectivity index (χ4v) is 1.93. The quantitative estimate of drug-likeness (QED) is 0.791. The molecule has 0 saturated heterocycles. The van der Waals surface area contributed by atoms with Crippen LogP contribution in [0, 0.1) is 6.92 Å². The monoisotopic (exact) mass is 247 g/mol. The Labute approximate surface area is 109 Å². The summed E-state index contributed by atoms with van der Waals surface area (Å²) >= 11 is 0. The predicted molar refractivity (Wildman–Crippen MR) is 77.0 cm³/mol. The Morgan fingerprint density at radius 3 is 2.12 bits per heavy atom. The molecule has 0 bridgehead atoms. The van der Waals surface area contributed by atoms with Crippen LogP contribution in [0.4, 0.5) is 5.69 Å². The van der Waals surface area contributed by atoms with Crippen LogP contribution in [0.5, 0.6) is 0 Å². The van der Waals surface area contributed by atoms with E-state index in [-0.39, 0.29) is 12.4 Å². The zero-order chi connectivity index (χ0) is 11.4. The average Bonchev–Trinajstić information content (AvgIpc) is 2.31. The molecule has 0 amide bonds. The third kappa shape index (κ3) is 3.50. The molecule has 2 aromatic rings. The van der Waals surface area contributed by atoms with Crippen molar-refractivity contribution in [3.63, 3.8) is 0 Å². The van der Waals surface area contributed by atoms with Crippen LogP contribution < -0.4 is 4.90 Å². The van der Waals surface area contributed by atoms with Gasteiger partial charge in [0.25, 0.3) is 0 Å². The zero-order valence-corrected chi connectivity index (χ0v) is 11.1. The summed E-state index contributed by atoms with van der Waals surface area (Å²) in [5, 5.41) is 0. The van der Waals surface area contributed by atoms with Gasteiger partial charge in [-0.2, -0.15) is 0 Å². The number of halogens is 1. The molecule has 17 heavy (non-hydrogen) atoms. The SMILES string of the molecule is Cc1ccccc1N(C)Cc1ccccc1.Cl.